The molecule has 3 rings (SSSR count). The summed E-state index contributed by atoms with van der Waals surface area (Å²) in [5.74, 6) is -0.372. The van der Waals surface area contributed by atoms with Crippen molar-refractivity contribution >= 4 is 39.4 Å². The van der Waals surface area contributed by atoms with Crippen LogP contribution in [0.4, 0.5) is 5.13 Å². The third kappa shape index (κ3) is 4.00. The molecule has 0 aliphatic heterocycles. The third-order valence-electron chi connectivity index (χ3n) is 3.53. The summed E-state index contributed by atoms with van der Waals surface area (Å²) < 4.78 is 5.46. The van der Waals surface area contributed by atoms with Crippen molar-refractivity contribution < 1.29 is 9.21 Å². The molecular weight excluding hydrogens is 338 g/mol. The molecule has 0 saturated heterocycles. The summed E-state index contributed by atoms with van der Waals surface area (Å²) in [5.41, 5.74) is 1.64. The van der Waals surface area contributed by atoms with E-state index in [-0.39, 0.29) is 11.3 Å². The van der Waals surface area contributed by atoms with Crippen LogP contribution in [0.2, 0.25) is 0 Å². The highest BCUT2D eigenvalue weighted by molar-refractivity contribution is 7.15. The molecule has 0 aliphatic rings. The van der Waals surface area contributed by atoms with Crippen LogP contribution in [-0.4, -0.2) is 16.1 Å². The predicted octanol–water partition coefficient (Wildman–Crippen LogP) is 3.56. The molecule has 0 radical (unpaired) electrons. The molecule has 128 valence electrons. The summed E-state index contributed by atoms with van der Waals surface area (Å²) >= 11 is 1.35. The van der Waals surface area contributed by atoms with Gasteiger partial charge in [-0.3, -0.25) is 14.9 Å². The van der Waals surface area contributed by atoms with E-state index < -0.39 is 0 Å². The van der Waals surface area contributed by atoms with E-state index >= 15 is 0 Å². The Labute approximate surface area is 148 Å². The molecule has 6 nitrogen and oxygen atoms in total. The monoisotopic (exact) mass is 355 g/mol. The van der Waals surface area contributed by atoms with Gasteiger partial charge in [0, 0.05) is 12.5 Å². The van der Waals surface area contributed by atoms with Crippen LogP contribution in [0, 0.1) is 6.92 Å². The Morgan fingerprint density at radius 3 is 3.00 bits per heavy atom. The second-order valence-electron chi connectivity index (χ2n) is 5.59. The van der Waals surface area contributed by atoms with E-state index in [4.69, 9.17) is 4.42 Å². The van der Waals surface area contributed by atoms with Gasteiger partial charge in [0.05, 0.1) is 10.9 Å². The number of fused-ring (bicyclic) bond motifs is 1. The maximum Gasteiger partial charge on any atom is 0.250 e. The average Bonchev–Trinajstić information content (AvgIpc) is 3.02. The lowest BCUT2D eigenvalue weighted by molar-refractivity contribution is -0.111. The number of rotatable bonds is 5. The molecule has 25 heavy (non-hydrogen) atoms. The van der Waals surface area contributed by atoms with Crippen molar-refractivity contribution in [3.05, 3.63) is 56.9 Å². The molecule has 2 heterocycles. The Balaban J connectivity index is 1.76. The Hall–Kier alpha value is -2.80. The molecule has 0 aliphatic carbocycles. The quantitative estimate of drug-likeness (QED) is 0.707. The Morgan fingerprint density at radius 1 is 1.36 bits per heavy atom. The fourth-order valence-electron chi connectivity index (χ4n) is 2.31. The Bertz CT molecular complexity index is 1000. The molecule has 7 heteroatoms. The number of aryl methyl sites for hydroxylation is 2. The lowest BCUT2D eigenvalue weighted by atomic mass is 10.1. The normalized spacial score (nSPS) is 11.3. The highest BCUT2D eigenvalue weighted by Gasteiger charge is 2.07. The van der Waals surface area contributed by atoms with Crippen LogP contribution < -0.4 is 10.7 Å². The molecule has 0 atom stereocenters. The zero-order chi connectivity index (χ0) is 17.8. The number of carbonyl (C=O) groups excluding carboxylic acids is 1. The average molecular weight is 355 g/mol. The summed E-state index contributed by atoms with van der Waals surface area (Å²) in [4.78, 5) is 24.5. The number of benzene rings is 1. The van der Waals surface area contributed by atoms with E-state index in [1.54, 1.807) is 12.1 Å². The first-order valence-corrected chi connectivity index (χ1v) is 8.72. The summed E-state index contributed by atoms with van der Waals surface area (Å²) in [6, 6.07) is 5.41. The molecule has 1 N–H and O–H groups in total. The van der Waals surface area contributed by atoms with E-state index in [0.29, 0.717) is 21.7 Å². The number of carbonyl (C=O) groups is 1. The Morgan fingerprint density at radius 2 is 2.20 bits per heavy atom. The predicted molar refractivity (Wildman–Crippen MR) is 98.8 cm³/mol. The zero-order valence-electron chi connectivity index (χ0n) is 13.9. The molecule has 0 saturated carbocycles. The Kier molecular flexibility index (Phi) is 5.04. The molecule has 1 aromatic carbocycles. The first-order chi connectivity index (χ1) is 12.1. The van der Waals surface area contributed by atoms with Crippen molar-refractivity contribution in [3.63, 3.8) is 0 Å². The van der Waals surface area contributed by atoms with Crippen LogP contribution >= 0.6 is 11.3 Å². The number of nitrogens with zero attached hydrogens (tertiary/aromatic N) is 2. The van der Waals surface area contributed by atoms with Crippen molar-refractivity contribution in [2.75, 3.05) is 5.32 Å². The van der Waals surface area contributed by atoms with Gasteiger partial charge in [-0.25, -0.2) is 0 Å². The minimum atomic E-state index is -0.372. The van der Waals surface area contributed by atoms with E-state index in [2.05, 4.69) is 22.4 Å². The second-order valence-corrected chi connectivity index (χ2v) is 6.66. The standard InChI is InChI=1S/C18H17N3O3S/c1-3-4-16-20-21-18(25-16)19-15(22)8-6-12-10-24-14-7-5-11(2)9-13(14)17(12)23/h5-10H,3-4H2,1-2H3,(H,19,21,22)/b8-6+. The van der Waals surface area contributed by atoms with Crippen molar-refractivity contribution in [2.24, 2.45) is 0 Å². The van der Waals surface area contributed by atoms with Gasteiger partial charge in [0.15, 0.2) is 5.43 Å². The van der Waals surface area contributed by atoms with E-state index in [0.717, 1.165) is 23.4 Å². The van der Waals surface area contributed by atoms with Crippen LogP contribution in [-0.2, 0) is 11.2 Å². The minimum Gasteiger partial charge on any atom is -0.463 e. The topological polar surface area (TPSA) is 85.1 Å². The van der Waals surface area contributed by atoms with Crippen LogP contribution in [0.15, 0.2) is 39.7 Å². The largest absolute Gasteiger partial charge is 0.463 e. The van der Waals surface area contributed by atoms with Crippen LogP contribution in [0.25, 0.3) is 17.0 Å². The highest BCUT2D eigenvalue weighted by atomic mass is 32.1. The molecule has 0 fully saturated rings. The first-order valence-electron chi connectivity index (χ1n) is 7.90. The molecule has 0 unspecified atom stereocenters. The first kappa shape index (κ1) is 17.0. The number of aromatic nitrogens is 2. The maximum absolute atomic E-state index is 12.5. The lowest BCUT2D eigenvalue weighted by Gasteiger charge is -2.00. The second kappa shape index (κ2) is 7.40. The zero-order valence-corrected chi connectivity index (χ0v) is 14.7. The highest BCUT2D eigenvalue weighted by Crippen LogP contribution is 2.17. The molecule has 0 bridgehead atoms. The number of amides is 1. The van der Waals surface area contributed by atoms with Gasteiger partial charge in [0.25, 0.3) is 0 Å². The van der Waals surface area contributed by atoms with Gasteiger partial charge in [-0.1, -0.05) is 29.9 Å². The SMILES string of the molecule is CCCc1nnc(NC(=O)/C=C/c2coc3ccc(C)cc3c2=O)s1. The lowest BCUT2D eigenvalue weighted by Crippen LogP contribution is -2.09. The molecule has 1 amide bonds. The molecular formula is C18H17N3O3S. The van der Waals surface area contributed by atoms with Crippen molar-refractivity contribution in [1.29, 1.82) is 0 Å². The van der Waals surface area contributed by atoms with Gasteiger partial charge in [-0.05, 0) is 31.6 Å². The fourth-order valence-corrected chi connectivity index (χ4v) is 3.15. The molecule has 2 aromatic heterocycles. The third-order valence-corrected chi connectivity index (χ3v) is 4.43. The number of anilines is 1. The summed E-state index contributed by atoms with van der Waals surface area (Å²) in [6.07, 6.45) is 5.89. The smallest absolute Gasteiger partial charge is 0.250 e. The van der Waals surface area contributed by atoms with Gasteiger partial charge in [0.2, 0.25) is 11.0 Å². The maximum atomic E-state index is 12.5. The summed E-state index contributed by atoms with van der Waals surface area (Å²) in [5, 5.41) is 12.4. The van der Waals surface area contributed by atoms with Crippen molar-refractivity contribution in [2.45, 2.75) is 26.7 Å². The van der Waals surface area contributed by atoms with Crippen LogP contribution in [0.3, 0.4) is 0 Å². The summed E-state index contributed by atoms with van der Waals surface area (Å²) in [6.45, 7) is 3.96. The number of hydrogen-bond acceptors (Lipinski definition) is 6. The number of nitrogens with one attached hydrogen (secondary N) is 1. The van der Waals surface area contributed by atoms with Crippen LogP contribution in [0.5, 0.6) is 0 Å². The van der Waals surface area contributed by atoms with Gasteiger partial charge in [0.1, 0.15) is 16.9 Å². The van der Waals surface area contributed by atoms with Crippen molar-refractivity contribution in [3.8, 4) is 0 Å². The van der Waals surface area contributed by atoms with Gasteiger partial charge < -0.3 is 4.42 Å². The summed E-state index contributed by atoms with van der Waals surface area (Å²) in [7, 11) is 0. The van der Waals surface area contributed by atoms with Crippen molar-refractivity contribution in [1.82, 2.24) is 10.2 Å². The van der Waals surface area contributed by atoms with Gasteiger partial charge in [-0.15, -0.1) is 10.2 Å². The van der Waals surface area contributed by atoms with Gasteiger partial charge in [-0.2, -0.15) is 0 Å². The molecule has 3 aromatic rings. The van der Waals surface area contributed by atoms with E-state index in [1.165, 1.54) is 29.8 Å². The molecule has 0 spiro atoms. The number of hydrogen-bond donors (Lipinski definition) is 1. The van der Waals surface area contributed by atoms with Crippen LogP contribution in [0.1, 0.15) is 29.5 Å². The van der Waals surface area contributed by atoms with E-state index in [9.17, 15) is 9.59 Å². The minimum absolute atomic E-state index is 0.171. The van der Waals surface area contributed by atoms with E-state index in [1.807, 2.05) is 13.0 Å². The fraction of sp³-hybridized carbons (Fsp3) is 0.222. The van der Waals surface area contributed by atoms with Gasteiger partial charge >= 0.3 is 0 Å².